The van der Waals surface area contributed by atoms with Crippen LogP contribution < -0.4 is 0 Å². The van der Waals surface area contributed by atoms with Crippen LogP contribution >= 0.6 is 34.8 Å². The lowest BCUT2D eigenvalue weighted by molar-refractivity contribution is 0.0782. The minimum atomic E-state index is -0.356. The number of carbonyl (C=O) groups excluding carboxylic acids is 1. The molecule has 0 atom stereocenters. The molecule has 2 aromatic carbocycles. The fourth-order valence-corrected chi connectivity index (χ4v) is 2.44. The van der Waals surface area contributed by atoms with Crippen molar-refractivity contribution in [2.24, 2.45) is 0 Å². The van der Waals surface area contributed by atoms with Crippen LogP contribution in [-0.4, -0.2) is 23.0 Å². The molecule has 0 heterocycles. The topological polar surface area (TPSA) is 40.5 Å². The van der Waals surface area contributed by atoms with Crippen LogP contribution in [0.25, 0.3) is 0 Å². The van der Waals surface area contributed by atoms with Crippen LogP contribution in [0.5, 0.6) is 5.75 Å². The second-order valence-electron chi connectivity index (χ2n) is 4.54. The van der Waals surface area contributed by atoms with Gasteiger partial charge in [-0.3, -0.25) is 4.79 Å². The number of phenols is 1. The molecular weight excluding hydrogens is 333 g/mol. The molecule has 3 nitrogen and oxygen atoms in total. The van der Waals surface area contributed by atoms with Crippen LogP contribution in [0.3, 0.4) is 0 Å². The van der Waals surface area contributed by atoms with Crippen LogP contribution in [-0.2, 0) is 6.54 Å². The highest BCUT2D eigenvalue weighted by molar-refractivity contribution is 6.42. The number of aromatic hydroxyl groups is 1. The molecule has 2 aromatic rings. The minimum absolute atomic E-state index is 0.117. The normalized spacial score (nSPS) is 10.5. The van der Waals surface area contributed by atoms with E-state index in [1.807, 2.05) is 0 Å². The fraction of sp³-hybridized carbons (Fsp3) is 0.133. The van der Waals surface area contributed by atoms with Gasteiger partial charge in [0.15, 0.2) is 0 Å². The minimum Gasteiger partial charge on any atom is -0.507 e. The zero-order chi connectivity index (χ0) is 15.6. The molecule has 0 aliphatic heterocycles. The van der Waals surface area contributed by atoms with E-state index < -0.39 is 0 Å². The summed E-state index contributed by atoms with van der Waals surface area (Å²) in [4.78, 5) is 13.8. The molecule has 2 rings (SSSR count). The fourth-order valence-electron chi connectivity index (χ4n) is 1.88. The molecule has 0 spiro atoms. The van der Waals surface area contributed by atoms with Gasteiger partial charge >= 0.3 is 0 Å². The second kappa shape index (κ2) is 6.56. The van der Waals surface area contributed by atoms with Gasteiger partial charge in [0.05, 0.1) is 15.6 Å². The van der Waals surface area contributed by atoms with Crippen LogP contribution in [0.4, 0.5) is 0 Å². The van der Waals surface area contributed by atoms with Gasteiger partial charge in [-0.2, -0.15) is 0 Å². The zero-order valence-corrected chi connectivity index (χ0v) is 13.4. The van der Waals surface area contributed by atoms with E-state index in [1.165, 1.54) is 23.1 Å². The van der Waals surface area contributed by atoms with Crippen molar-refractivity contribution >= 4 is 40.7 Å². The van der Waals surface area contributed by atoms with Crippen LogP contribution in [0.2, 0.25) is 15.1 Å². The molecule has 0 saturated heterocycles. The molecule has 0 unspecified atom stereocenters. The second-order valence-corrected chi connectivity index (χ2v) is 5.76. The summed E-state index contributed by atoms with van der Waals surface area (Å²) in [6.45, 7) is 0.268. The number of phenolic OH excluding ortho intramolecular Hbond substituents is 1. The SMILES string of the molecule is CN(Cc1cccc(Cl)c1Cl)C(=O)c1cc(Cl)ccc1O. The summed E-state index contributed by atoms with van der Waals surface area (Å²) in [7, 11) is 1.61. The Kier molecular flexibility index (Phi) is 4.99. The molecule has 0 bridgehead atoms. The number of hydrogen-bond acceptors (Lipinski definition) is 2. The van der Waals surface area contributed by atoms with Crippen molar-refractivity contribution in [3.05, 3.63) is 62.6 Å². The Bertz CT molecular complexity index is 689. The number of rotatable bonds is 3. The van der Waals surface area contributed by atoms with Crippen molar-refractivity contribution in [1.29, 1.82) is 0 Å². The molecule has 0 aliphatic carbocycles. The van der Waals surface area contributed by atoms with Crippen molar-refractivity contribution in [1.82, 2.24) is 4.90 Å². The molecule has 1 amide bonds. The van der Waals surface area contributed by atoms with E-state index in [0.29, 0.717) is 15.1 Å². The standard InChI is InChI=1S/C15H12Cl3NO2/c1-19(8-9-3-2-4-12(17)14(9)18)15(21)11-7-10(16)5-6-13(11)20/h2-7,20H,8H2,1H3. The van der Waals surface area contributed by atoms with Gasteiger partial charge in [-0.15, -0.1) is 0 Å². The number of nitrogens with zero attached hydrogens (tertiary/aromatic N) is 1. The maximum Gasteiger partial charge on any atom is 0.257 e. The molecule has 0 radical (unpaired) electrons. The first-order chi connectivity index (χ1) is 9.90. The van der Waals surface area contributed by atoms with Gasteiger partial charge < -0.3 is 10.0 Å². The molecule has 0 fully saturated rings. The lowest BCUT2D eigenvalue weighted by Gasteiger charge is -2.19. The van der Waals surface area contributed by atoms with E-state index in [0.717, 1.165) is 5.56 Å². The van der Waals surface area contributed by atoms with Crippen molar-refractivity contribution < 1.29 is 9.90 Å². The summed E-state index contributed by atoms with van der Waals surface area (Å²) in [5, 5.41) is 11.0. The summed E-state index contributed by atoms with van der Waals surface area (Å²) in [5.41, 5.74) is 0.865. The summed E-state index contributed by atoms with van der Waals surface area (Å²) in [6, 6.07) is 9.55. The first kappa shape index (κ1) is 16.0. The first-order valence-corrected chi connectivity index (χ1v) is 7.20. The largest absolute Gasteiger partial charge is 0.507 e. The average molecular weight is 345 g/mol. The zero-order valence-electron chi connectivity index (χ0n) is 11.1. The van der Waals surface area contributed by atoms with Crippen molar-refractivity contribution in [2.75, 3.05) is 7.05 Å². The molecule has 21 heavy (non-hydrogen) atoms. The predicted molar refractivity (Wildman–Crippen MR) is 85.4 cm³/mol. The summed E-state index contributed by atoms with van der Waals surface area (Å²) >= 11 is 17.9. The quantitative estimate of drug-likeness (QED) is 0.882. The monoisotopic (exact) mass is 343 g/mol. The van der Waals surface area contributed by atoms with Gasteiger partial charge in [0.1, 0.15) is 5.75 Å². The summed E-state index contributed by atoms with van der Waals surface area (Å²) in [6.07, 6.45) is 0. The van der Waals surface area contributed by atoms with Gasteiger partial charge in [-0.25, -0.2) is 0 Å². The third-order valence-corrected chi connectivity index (χ3v) is 4.07. The van der Waals surface area contributed by atoms with Crippen LogP contribution in [0.1, 0.15) is 15.9 Å². The Hall–Kier alpha value is -1.42. The maximum absolute atomic E-state index is 12.3. The van der Waals surface area contributed by atoms with Crippen LogP contribution in [0.15, 0.2) is 36.4 Å². The molecule has 0 aliphatic rings. The van der Waals surface area contributed by atoms with E-state index >= 15 is 0 Å². The molecule has 1 N–H and O–H groups in total. The van der Waals surface area contributed by atoms with E-state index in [1.54, 1.807) is 25.2 Å². The van der Waals surface area contributed by atoms with Gasteiger partial charge in [-0.1, -0.05) is 46.9 Å². The Labute approximate surface area is 137 Å². The van der Waals surface area contributed by atoms with Crippen molar-refractivity contribution in [3.8, 4) is 5.75 Å². The summed E-state index contributed by atoms with van der Waals surface area (Å²) < 4.78 is 0. The smallest absolute Gasteiger partial charge is 0.257 e. The first-order valence-electron chi connectivity index (χ1n) is 6.07. The Morgan fingerprint density at radius 1 is 1.19 bits per heavy atom. The highest BCUT2D eigenvalue weighted by Gasteiger charge is 2.17. The van der Waals surface area contributed by atoms with Crippen LogP contribution in [0, 0.1) is 0 Å². The maximum atomic E-state index is 12.3. The predicted octanol–water partition coefficient (Wildman–Crippen LogP) is 4.62. The molecule has 110 valence electrons. The highest BCUT2D eigenvalue weighted by atomic mass is 35.5. The lowest BCUT2D eigenvalue weighted by atomic mass is 10.1. The van der Waals surface area contributed by atoms with Gasteiger partial charge in [-0.05, 0) is 29.8 Å². The van der Waals surface area contributed by atoms with Gasteiger partial charge in [0.25, 0.3) is 5.91 Å². The lowest BCUT2D eigenvalue weighted by Crippen LogP contribution is -2.26. The van der Waals surface area contributed by atoms with Crippen molar-refractivity contribution in [2.45, 2.75) is 6.54 Å². The van der Waals surface area contributed by atoms with E-state index in [-0.39, 0.29) is 23.8 Å². The number of hydrogen-bond donors (Lipinski definition) is 1. The van der Waals surface area contributed by atoms with Gasteiger partial charge in [0.2, 0.25) is 0 Å². The molecule has 6 heteroatoms. The number of benzene rings is 2. The summed E-state index contributed by atoms with van der Waals surface area (Å²) in [5.74, 6) is -0.473. The third-order valence-electron chi connectivity index (χ3n) is 2.97. The number of amides is 1. The third kappa shape index (κ3) is 3.62. The highest BCUT2D eigenvalue weighted by Crippen LogP contribution is 2.27. The average Bonchev–Trinajstić information content (AvgIpc) is 2.45. The Morgan fingerprint density at radius 2 is 1.90 bits per heavy atom. The molecule has 0 saturated carbocycles. The number of halogens is 3. The van der Waals surface area contributed by atoms with E-state index in [4.69, 9.17) is 34.8 Å². The van der Waals surface area contributed by atoms with Crippen molar-refractivity contribution in [3.63, 3.8) is 0 Å². The van der Waals surface area contributed by atoms with E-state index in [2.05, 4.69) is 0 Å². The Morgan fingerprint density at radius 3 is 2.62 bits per heavy atom. The van der Waals surface area contributed by atoms with Gasteiger partial charge in [0, 0.05) is 18.6 Å². The Balaban J connectivity index is 2.24. The number of carbonyl (C=O) groups is 1. The molecule has 0 aromatic heterocycles. The molecular formula is C15H12Cl3NO2. The van der Waals surface area contributed by atoms with E-state index in [9.17, 15) is 9.90 Å².